The molecule has 0 saturated heterocycles. The zero-order chi connectivity index (χ0) is 9.84. The average Bonchev–Trinajstić information content (AvgIpc) is 2.33. The van der Waals surface area contributed by atoms with Crippen LogP contribution in [-0.4, -0.2) is 43.7 Å². The van der Waals surface area contributed by atoms with E-state index in [0.29, 0.717) is 18.1 Å². The highest BCUT2D eigenvalue weighted by Gasteiger charge is 2.22. The summed E-state index contributed by atoms with van der Waals surface area (Å²) in [6.07, 6.45) is 3.59. The molecule has 0 aromatic heterocycles. The summed E-state index contributed by atoms with van der Waals surface area (Å²) < 4.78 is 0. The molecule has 0 bridgehead atoms. The normalized spacial score (nSPS) is 31.2. The van der Waals surface area contributed by atoms with Crippen LogP contribution in [0.1, 0.15) is 26.2 Å². The Morgan fingerprint density at radius 3 is 2.62 bits per heavy atom. The first-order valence-electron chi connectivity index (χ1n) is 5.24. The Balaban J connectivity index is 2.16. The number of likely N-dealkylation sites (N-methyl/N-ethyl adjacent to an activating group) is 1. The third-order valence-corrected chi connectivity index (χ3v) is 2.63. The lowest BCUT2D eigenvalue weighted by atomic mass is 10.2. The zero-order valence-electron chi connectivity index (χ0n) is 9.09. The van der Waals surface area contributed by atoms with Crippen LogP contribution >= 0.6 is 0 Å². The third kappa shape index (κ3) is 4.07. The van der Waals surface area contributed by atoms with Gasteiger partial charge in [0.1, 0.15) is 0 Å². The first-order chi connectivity index (χ1) is 6.08. The van der Waals surface area contributed by atoms with Crippen LogP contribution in [-0.2, 0) is 0 Å². The van der Waals surface area contributed by atoms with E-state index in [4.69, 9.17) is 5.73 Å². The number of hydrogen-bond acceptors (Lipinski definition) is 3. The Morgan fingerprint density at radius 1 is 1.46 bits per heavy atom. The van der Waals surface area contributed by atoms with E-state index >= 15 is 0 Å². The van der Waals surface area contributed by atoms with Crippen molar-refractivity contribution in [1.29, 1.82) is 0 Å². The van der Waals surface area contributed by atoms with Gasteiger partial charge in [0.2, 0.25) is 0 Å². The van der Waals surface area contributed by atoms with E-state index in [2.05, 4.69) is 31.2 Å². The number of hydrogen-bond donors (Lipinski definition) is 2. The SMILES string of the molecule is CC(CN(C)C)NC1CCC(N)C1. The molecule has 3 N–H and O–H groups in total. The summed E-state index contributed by atoms with van der Waals surface area (Å²) in [6.45, 7) is 3.34. The molecule has 1 aliphatic carbocycles. The van der Waals surface area contributed by atoms with Gasteiger partial charge in [0.05, 0.1) is 0 Å². The highest BCUT2D eigenvalue weighted by atomic mass is 15.1. The van der Waals surface area contributed by atoms with Crippen LogP contribution in [0.25, 0.3) is 0 Å². The first-order valence-corrected chi connectivity index (χ1v) is 5.24. The molecule has 3 atom stereocenters. The number of nitrogens with zero attached hydrogens (tertiary/aromatic N) is 1. The van der Waals surface area contributed by atoms with Gasteiger partial charge in [-0.25, -0.2) is 0 Å². The summed E-state index contributed by atoms with van der Waals surface area (Å²) >= 11 is 0. The van der Waals surface area contributed by atoms with Crippen molar-refractivity contribution in [3.05, 3.63) is 0 Å². The van der Waals surface area contributed by atoms with E-state index < -0.39 is 0 Å². The molecule has 0 spiro atoms. The summed E-state index contributed by atoms with van der Waals surface area (Å²) in [4.78, 5) is 2.21. The molecule has 1 rings (SSSR count). The second kappa shape index (κ2) is 4.94. The van der Waals surface area contributed by atoms with Crippen molar-refractivity contribution < 1.29 is 0 Å². The molecule has 0 heterocycles. The number of nitrogens with one attached hydrogen (secondary N) is 1. The molecule has 13 heavy (non-hydrogen) atoms. The topological polar surface area (TPSA) is 41.3 Å². The highest BCUT2D eigenvalue weighted by Crippen LogP contribution is 2.17. The molecular weight excluding hydrogens is 162 g/mol. The second-order valence-corrected chi connectivity index (χ2v) is 4.60. The Bertz CT molecular complexity index is 147. The molecule has 3 nitrogen and oxygen atoms in total. The zero-order valence-corrected chi connectivity index (χ0v) is 9.09. The molecule has 1 fully saturated rings. The highest BCUT2D eigenvalue weighted by molar-refractivity contribution is 4.84. The molecule has 0 aliphatic heterocycles. The van der Waals surface area contributed by atoms with Gasteiger partial charge in [-0.3, -0.25) is 0 Å². The maximum absolute atomic E-state index is 5.85. The Labute approximate surface area is 81.7 Å². The minimum atomic E-state index is 0.434. The Kier molecular flexibility index (Phi) is 4.16. The predicted octanol–water partition coefficient (Wildman–Crippen LogP) is 0.406. The van der Waals surface area contributed by atoms with Crippen LogP contribution in [0, 0.1) is 0 Å². The monoisotopic (exact) mass is 185 g/mol. The molecule has 0 radical (unpaired) electrons. The van der Waals surface area contributed by atoms with Crippen LogP contribution in [0.3, 0.4) is 0 Å². The summed E-state index contributed by atoms with van der Waals surface area (Å²) in [5, 5.41) is 3.62. The lowest BCUT2D eigenvalue weighted by Gasteiger charge is -2.22. The van der Waals surface area contributed by atoms with Crippen molar-refractivity contribution in [3.63, 3.8) is 0 Å². The summed E-state index contributed by atoms with van der Waals surface area (Å²) in [7, 11) is 4.22. The van der Waals surface area contributed by atoms with Crippen molar-refractivity contribution in [1.82, 2.24) is 10.2 Å². The fourth-order valence-corrected chi connectivity index (χ4v) is 2.17. The lowest BCUT2D eigenvalue weighted by molar-refractivity contribution is 0.328. The predicted molar refractivity (Wildman–Crippen MR) is 56.8 cm³/mol. The average molecular weight is 185 g/mol. The van der Waals surface area contributed by atoms with Gasteiger partial charge in [-0.1, -0.05) is 0 Å². The van der Waals surface area contributed by atoms with Gasteiger partial charge in [-0.05, 0) is 40.3 Å². The van der Waals surface area contributed by atoms with E-state index in [1.165, 1.54) is 12.8 Å². The van der Waals surface area contributed by atoms with E-state index in [-0.39, 0.29) is 0 Å². The van der Waals surface area contributed by atoms with E-state index in [1.54, 1.807) is 0 Å². The largest absolute Gasteiger partial charge is 0.328 e. The van der Waals surface area contributed by atoms with Gasteiger partial charge in [-0.15, -0.1) is 0 Å². The minimum Gasteiger partial charge on any atom is -0.328 e. The van der Waals surface area contributed by atoms with Gasteiger partial charge in [0.25, 0.3) is 0 Å². The maximum atomic E-state index is 5.85. The van der Waals surface area contributed by atoms with Gasteiger partial charge in [0.15, 0.2) is 0 Å². The lowest BCUT2D eigenvalue weighted by Crippen LogP contribution is -2.41. The summed E-state index contributed by atoms with van der Waals surface area (Å²) in [6, 6.07) is 1.67. The van der Waals surface area contributed by atoms with E-state index in [1.807, 2.05) is 0 Å². The van der Waals surface area contributed by atoms with Gasteiger partial charge in [-0.2, -0.15) is 0 Å². The molecule has 0 aromatic rings. The quantitative estimate of drug-likeness (QED) is 0.666. The van der Waals surface area contributed by atoms with Crippen molar-refractivity contribution in [2.45, 2.75) is 44.3 Å². The molecular formula is C10H23N3. The van der Waals surface area contributed by atoms with Gasteiger partial charge >= 0.3 is 0 Å². The smallest absolute Gasteiger partial charge is 0.0169 e. The van der Waals surface area contributed by atoms with Crippen LogP contribution in [0.5, 0.6) is 0 Å². The molecule has 78 valence electrons. The molecule has 3 heteroatoms. The van der Waals surface area contributed by atoms with Gasteiger partial charge in [0, 0.05) is 24.7 Å². The molecule has 0 aromatic carbocycles. The van der Waals surface area contributed by atoms with E-state index in [0.717, 1.165) is 13.0 Å². The standard InChI is InChI=1S/C10H23N3/c1-8(7-13(2)3)12-10-5-4-9(11)6-10/h8-10,12H,4-7,11H2,1-3H3. The summed E-state index contributed by atoms with van der Waals surface area (Å²) in [5.41, 5.74) is 5.85. The third-order valence-electron chi connectivity index (χ3n) is 2.63. The van der Waals surface area contributed by atoms with Crippen molar-refractivity contribution in [3.8, 4) is 0 Å². The number of nitrogens with two attached hydrogens (primary N) is 1. The first kappa shape index (κ1) is 11.0. The van der Waals surface area contributed by atoms with Crippen LogP contribution in [0.2, 0.25) is 0 Å². The van der Waals surface area contributed by atoms with Crippen LogP contribution in [0.4, 0.5) is 0 Å². The van der Waals surface area contributed by atoms with Crippen molar-refractivity contribution >= 4 is 0 Å². The van der Waals surface area contributed by atoms with Crippen molar-refractivity contribution in [2.75, 3.05) is 20.6 Å². The van der Waals surface area contributed by atoms with E-state index in [9.17, 15) is 0 Å². The Hall–Kier alpha value is -0.120. The molecule has 1 aliphatic rings. The minimum absolute atomic E-state index is 0.434. The maximum Gasteiger partial charge on any atom is 0.0169 e. The second-order valence-electron chi connectivity index (χ2n) is 4.60. The summed E-state index contributed by atoms with van der Waals surface area (Å²) in [5.74, 6) is 0. The number of rotatable bonds is 4. The Morgan fingerprint density at radius 2 is 2.15 bits per heavy atom. The fraction of sp³-hybridized carbons (Fsp3) is 1.00. The molecule has 3 unspecified atom stereocenters. The van der Waals surface area contributed by atoms with Crippen LogP contribution < -0.4 is 11.1 Å². The molecule has 1 saturated carbocycles. The fourth-order valence-electron chi connectivity index (χ4n) is 2.17. The van der Waals surface area contributed by atoms with Crippen LogP contribution in [0.15, 0.2) is 0 Å². The van der Waals surface area contributed by atoms with Crippen molar-refractivity contribution in [2.24, 2.45) is 5.73 Å². The van der Waals surface area contributed by atoms with Gasteiger partial charge < -0.3 is 16.0 Å². The molecule has 0 amide bonds.